The molecule has 5 heteroatoms. The fraction of sp³-hybridized carbons (Fsp3) is 0.857. The van der Waals surface area contributed by atoms with Gasteiger partial charge in [0.15, 0.2) is 0 Å². The van der Waals surface area contributed by atoms with Crippen molar-refractivity contribution in [1.82, 2.24) is 0 Å². The topological polar surface area (TPSA) is 46.5 Å². The lowest BCUT2D eigenvalue weighted by Gasteiger charge is -2.24. The first-order valence-corrected chi connectivity index (χ1v) is 3.68. The second-order valence-electron chi connectivity index (χ2n) is 2.50. The molecular weight excluding hydrogens is 170 g/mol. The second-order valence-corrected chi connectivity index (χ2v) is 2.50. The van der Waals surface area contributed by atoms with Crippen LogP contribution in [0.1, 0.15) is 19.3 Å². The van der Waals surface area contributed by atoms with Crippen LogP contribution >= 0.6 is 0 Å². The zero-order valence-electron chi connectivity index (χ0n) is 6.58. The smallest absolute Gasteiger partial charge is 0.345 e. The van der Waals surface area contributed by atoms with Gasteiger partial charge in [-0.1, -0.05) is 6.42 Å². The van der Waals surface area contributed by atoms with Gasteiger partial charge in [0.2, 0.25) is 0 Å². The van der Waals surface area contributed by atoms with E-state index in [-0.39, 0.29) is 13.1 Å². The molecule has 1 fully saturated rings. The quantitative estimate of drug-likeness (QED) is 0.676. The average Bonchev–Trinajstić information content (AvgIpc) is 1.84. The Morgan fingerprint density at radius 2 is 2.08 bits per heavy atom. The highest BCUT2D eigenvalue weighted by Gasteiger charge is 2.18. The maximum atomic E-state index is 11.3. The van der Waals surface area contributed by atoms with Crippen LogP contribution in [0.15, 0.2) is 0 Å². The Labute approximate surface area is 69.3 Å². The molecule has 0 spiro atoms. The van der Waals surface area contributed by atoms with Crippen molar-refractivity contribution in [2.45, 2.75) is 25.9 Å². The monoisotopic (exact) mass is 182 g/mol. The van der Waals surface area contributed by atoms with Crippen LogP contribution in [-0.4, -0.2) is 24.8 Å². The van der Waals surface area contributed by atoms with Crippen molar-refractivity contribution in [2.24, 2.45) is 5.92 Å². The number of carboxylic acid groups (broad SMARTS) is 1. The molecule has 0 aromatic rings. The molecule has 1 aliphatic carbocycles. The maximum absolute atomic E-state index is 11.3. The number of halogens is 2. The van der Waals surface area contributed by atoms with E-state index in [2.05, 4.69) is 4.74 Å². The zero-order valence-corrected chi connectivity index (χ0v) is 6.58. The molecule has 0 saturated heterocycles. The maximum Gasteiger partial charge on any atom is 0.345 e. The molecule has 3 nitrogen and oxygen atoms in total. The SMILES string of the molecule is FC(F)OCC1CCC1.O=CO. The Bertz CT molecular complexity index is 115. The summed E-state index contributed by atoms with van der Waals surface area (Å²) in [5.41, 5.74) is 0. The van der Waals surface area contributed by atoms with Crippen LogP contribution in [-0.2, 0) is 9.53 Å². The van der Waals surface area contributed by atoms with E-state index >= 15 is 0 Å². The summed E-state index contributed by atoms with van der Waals surface area (Å²) >= 11 is 0. The number of hydrogen-bond donors (Lipinski definition) is 1. The van der Waals surface area contributed by atoms with Crippen LogP contribution < -0.4 is 0 Å². The lowest BCUT2D eigenvalue weighted by molar-refractivity contribution is -0.143. The Morgan fingerprint density at radius 3 is 2.33 bits per heavy atom. The molecule has 0 aromatic carbocycles. The first kappa shape index (κ1) is 11.3. The lowest BCUT2D eigenvalue weighted by atomic mass is 9.86. The van der Waals surface area contributed by atoms with E-state index in [1.165, 1.54) is 6.42 Å². The average molecular weight is 182 g/mol. The fourth-order valence-corrected chi connectivity index (χ4v) is 0.868. The van der Waals surface area contributed by atoms with E-state index in [1.54, 1.807) is 0 Å². The third-order valence-corrected chi connectivity index (χ3v) is 1.68. The van der Waals surface area contributed by atoms with Crippen LogP contribution in [0.2, 0.25) is 0 Å². The highest BCUT2D eigenvalue weighted by Crippen LogP contribution is 2.26. The summed E-state index contributed by atoms with van der Waals surface area (Å²) < 4.78 is 26.8. The van der Waals surface area contributed by atoms with Crippen LogP contribution in [0.5, 0.6) is 0 Å². The summed E-state index contributed by atoms with van der Waals surface area (Å²) in [5.74, 6) is 0.416. The molecule has 1 aliphatic rings. The molecule has 1 N–H and O–H groups in total. The Morgan fingerprint density at radius 1 is 1.58 bits per heavy atom. The summed E-state index contributed by atoms with van der Waals surface area (Å²) in [6, 6.07) is 0. The van der Waals surface area contributed by atoms with Crippen LogP contribution in [0, 0.1) is 5.92 Å². The van der Waals surface area contributed by atoms with E-state index in [4.69, 9.17) is 9.90 Å². The first-order valence-electron chi connectivity index (χ1n) is 3.68. The predicted octanol–water partition coefficient (Wildman–Crippen LogP) is 1.73. The molecule has 0 bridgehead atoms. The molecule has 0 aliphatic heterocycles. The molecule has 0 aromatic heterocycles. The lowest BCUT2D eigenvalue weighted by Crippen LogP contribution is -2.18. The van der Waals surface area contributed by atoms with Crippen LogP contribution in [0.4, 0.5) is 8.78 Å². The van der Waals surface area contributed by atoms with E-state index in [1.807, 2.05) is 0 Å². The Hall–Kier alpha value is -0.710. The van der Waals surface area contributed by atoms with Gasteiger partial charge in [0, 0.05) is 0 Å². The van der Waals surface area contributed by atoms with Gasteiger partial charge in [-0.05, 0) is 18.8 Å². The summed E-state index contributed by atoms with van der Waals surface area (Å²) in [4.78, 5) is 8.36. The standard InChI is InChI=1S/C6H10F2O.CH2O2/c7-6(8)9-4-5-2-1-3-5;2-1-3/h5-6H,1-4H2;1H,(H,2,3). The minimum absolute atomic E-state index is 0.248. The number of rotatable bonds is 3. The third kappa shape index (κ3) is 6.03. The highest BCUT2D eigenvalue weighted by atomic mass is 19.3. The van der Waals surface area contributed by atoms with Crippen molar-refractivity contribution in [1.29, 1.82) is 0 Å². The Balaban J connectivity index is 0.000000354. The van der Waals surface area contributed by atoms with Crippen molar-refractivity contribution in [2.75, 3.05) is 6.61 Å². The van der Waals surface area contributed by atoms with Crippen molar-refractivity contribution in [3.05, 3.63) is 0 Å². The fourth-order valence-electron chi connectivity index (χ4n) is 0.868. The highest BCUT2D eigenvalue weighted by molar-refractivity contribution is 5.32. The van der Waals surface area contributed by atoms with Gasteiger partial charge in [0.1, 0.15) is 0 Å². The summed E-state index contributed by atoms with van der Waals surface area (Å²) in [7, 11) is 0. The van der Waals surface area contributed by atoms with Gasteiger partial charge < -0.3 is 9.84 Å². The van der Waals surface area contributed by atoms with Gasteiger partial charge in [-0.3, -0.25) is 4.79 Å². The molecular formula is C7H12F2O3. The largest absolute Gasteiger partial charge is 0.483 e. The Kier molecular flexibility index (Phi) is 6.55. The van der Waals surface area contributed by atoms with Gasteiger partial charge >= 0.3 is 6.61 Å². The van der Waals surface area contributed by atoms with Crippen molar-refractivity contribution in [3.63, 3.8) is 0 Å². The second kappa shape index (κ2) is 6.97. The molecule has 0 radical (unpaired) electrons. The van der Waals surface area contributed by atoms with E-state index in [0.717, 1.165) is 12.8 Å². The molecule has 1 rings (SSSR count). The van der Waals surface area contributed by atoms with Crippen molar-refractivity contribution < 1.29 is 23.4 Å². The molecule has 0 unspecified atom stereocenters. The number of ether oxygens (including phenoxy) is 1. The van der Waals surface area contributed by atoms with Gasteiger partial charge in [-0.25, -0.2) is 0 Å². The molecule has 0 atom stereocenters. The van der Waals surface area contributed by atoms with Gasteiger partial charge in [-0.15, -0.1) is 0 Å². The molecule has 0 amide bonds. The van der Waals surface area contributed by atoms with Gasteiger partial charge in [0.25, 0.3) is 6.47 Å². The van der Waals surface area contributed by atoms with Crippen molar-refractivity contribution in [3.8, 4) is 0 Å². The normalized spacial score (nSPS) is 16.2. The first-order chi connectivity index (χ1) is 5.70. The number of alkyl halides is 2. The summed E-state index contributed by atoms with van der Waals surface area (Å²) in [6.07, 6.45) is 3.30. The summed E-state index contributed by atoms with van der Waals surface area (Å²) in [5, 5.41) is 6.89. The molecule has 72 valence electrons. The third-order valence-electron chi connectivity index (χ3n) is 1.68. The van der Waals surface area contributed by atoms with E-state index in [0.29, 0.717) is 5.92 Å². The van der Waals surface area contributed by atoms with E-state index < -0.39 is 6.61 Å². The number of carbonyl (C=O) groups is 1. The van der Waals surface area contributed by atoms with E-state index in [9.17, 15) is 8.78 Å². The zero-order chi connectivity index (χ0) is 9.40. The minimum atomic E-state index is -2.58. The van der Waals surface area contributed by atoms with Gasteiger partial charge in [-0.2, -0.15) is 8.78 Å². The number of hydrogen-bond acceptors (Lipinski definition) is 2. The van der Waals surface area contributed by atoms with Crippen LogP contribution in [0.25, 0.3) is 0 Å². The summed E-state index contributed by atoms with van der Waals surface area (Å²) in [6.45, 7) is -2.58. The van der Waals surface area contributed by atoms with Crippen molar-refractivity contribution >= 4 is 6.47 Å². The predicted molar refractivity (Wildman–Crippen MR) is 38.0 cm³/mol. The van der Waals surface area contributed by atoms with Gasteiger partial charge in [0.05, 0.1) is 6.61 Å². The molecule has 1 saturated carbocycles. The molecule has 12 heavy (non-hydrogen) atoms. The molecule has 0 heterocycles. The minimum Gasteiger partial charge on any atom is -0.483 e. The van der Waals surface area contributed by atoms with Crippen LogP contribution in [0.3, 0.4) is 0 Å².